The molecule has 0 amide bonds. The van der Waals surface area contributed by atoms with Crippen LogP contribution in [-0.4, -0.2) is 43.8 Å². The zero-order valence-electron chi connectivity index (χ0n) is 16.6. The maximum Gasteiger partial charge on any atom is 0.148 e. The molecular weight excluding hydrogens is 375 g/mol. The van der Waals surface area contributed by atoms with E-state index in [2.05, 4.69) is 0 Å². The summed E-state index contributed by atoms with van der Waals surface area (Å²) < 4.78 is 36.1. The van der Waals surface area contributed by atoms with Crippen molar-refractivity contribution in [3.63, 3.8) is 0 Å². The standard InChI is InChI=1S/C22H27O5P/c1-22(2,3)28(23,20-8-4-16(5-9-20)24-12-18-14-26-18)21-10-6-17(7-11-21)25-13-19-15-27-19/h4-11,18-19H,12-15H2,1-3H3. The molecule has 2 fully saturated rings. The van der Waals surface area contributed by atoms with Gasteiger partial charge in [-0.2, -0.15) is 0 Å². The Kier molecular flexibility index (Phi) is 5.26. The third-order valence-electron chi connectivity index (χ3n) is 5.02. The number of ether oxygens (including phenoxy) is 4. The minimum Gasteiger partial charge on any atom is -0.491 e. The highest BCUT2D eigenvalue weighted by Gasteiger charge is 2.40. The first kappa shape index (κ1) is 19.5. The third-order valence-corrected chi connectivity index (χ3v) is 8.96. The molecule has 2 atom stereocenters. The molecule has 2 saturated heterocycles. The Balaban J connectivity index is 1.55. The summed E-state index contributed by atoms with van der Waals surface area (Å²) in [5.41, 5.74) is 0. The predicted molar refractivity (Wildman–Crippen MR) is 110 cm³/mol. The van der Waals surface area contributed by atoms with Crippen molar-refractivity contribution in [2.75, 3.05) is 26.4 Å². The second kappa shape index (κ2) is 7.55. The van der Waals surface area contributed by atoms with E-state index in [0.717, 1.165) is 35.3 Å². The van der Waals surface area contributed by atoms with Crippen LogP contribution >= 0.6 is 7.14 Å². The summed E-state index contributed by atoms with van der Waals surface area (Å²) in [6, 6.07) is 15.3. The van der Waals surface area contributed by atoms with Gasteiger partial charge in [-0.1, -0.05) is 20.8 Å². The molecule has 0 aliphatic carbocycles. The highest BCUT2D eigenvalue weighted by atomic mass is 31.2. The number of epoxide rings is 2. The van der Waals surface area contributed by atoms with E-state index in [1.54, 1.807) is 0 Å². The molecule has 28 heavy (non-hydrogen) atoms. The maximum absolute atomic E-state index is 14.3. The highest BCUT2D eigenvalue weighted by molar-refractivity contribution is 7.80. The van der Waals surface area contributed by atoms with Gasteiger partial charge in [0.15, 0.2) is 0 Å². The van der Waals surface area contributed by atoms with Gasteiger partial charge in [-0.15, -0.1) is 0 Å². The van der Waals surface area contributed by atoms with E-state index >= 15 is 0 Å². The van der Waals surface area contributed by atoms with Crippen molar-refractivity contribution in [1.29, 1.82) is 0 Å². The lowest BCUT2D eigenvalue weighted by Crippen LogP contribution is -2.30. The molecule has 2 unspecified atom stereocenters. The number of hydrogen-bond acceptors (Lipinski definition) is 5. The molecule has 0 aromatic heterocycles. The van der Waals surface area contributed by atoms with Gasteiger partial charge >= 0.3 is 0 Å². The van der Waals surface area contributed by atoms with E-state index in [4.69, 9.17) is 18.9 Å². The van der Waals surface area contributed by atoms with Gasteiger partial charge in [-0.3, -0.25) is 0 Å². The Morgan fingerprint density at radius 1 is 0.821 bits per heavy atom. The fourth-order valence-electron chi connectivity index (χ4n) is 3.14. The van der Waals surface area contributed by atoms with Crippen LogP contribution in [0.4, 0.5) is 0 Å². The average molecular weight is 402 g/mol. The van der Waals surface area contributed by atoms with Crippen LogP contribution in [-0.2, 0) is 14.0 Å². The minimum atomic E-state index is -2.86. The number of rotatable bonds is 8. The van der Waals surface area contributed by atoms with Crippen molar-refractivity contribution in [3.8, 4) is 11.5 Å². The topological polar surface area (TPSA) is 60.6 Å². The molecule has 2 aromatic carbocycles. The van der Waals surface area contributed by atoms with Crippen molar-refractivity contribution in [2.24, 2.45) is 0 Å². The molecule has 0 saturated carbocycles. The summed E-state index contributed by atoms with van der Waals surface area (Å²) in [7, 11) is -2.86. The van der Waals surface area contributed by atoms with Crippen LogP contribution in [0.3, 0.4) is 0 Å². The Hall–Kier alpha value is -1.81. The molecule has 0 radical (unpaired) electrons. The Bertz CT molecular complexity index is 782. The maximum atomic E-state index is 14.3. The van der Waals surface area contributed by atoms with Gasteiger partial charge in [0.05, 0.1) is 13.2 Å². The predicted octanol–water partition coefficient (Wildman–Crippen LogP) is 3.35. The number of hydrogen-bond donors (Lipinski definition) is 0. The zero-order valence-corrected chi connectivity index (χ0v) is 17.5. The summed E-state index contributed by atoms with van der Waals surface area (Å²) in [6.45, 7) is 8.73. The molecular formula is C22H27O5P. The summed E-state index contributed by atoms with van der Waals surface area (Å²) in [5, 5.41) is 1.24. The number of benzene rings is 2. The van der Waals surface area contributed by atoms with Crippen LogP contribution in [0.2, 0.25) is 0 Å². The van der Waals surface area contributed by atoms with E-state index in [1.165, 1.54) is 0 Å². The van der Waals surface area contributed by atoms with Crippen LogP contribution < -0.4 is 20.1 Å². The van der Waals surface area contributed by atoms with Crippen molar-refractivity contribution in [3.05, 3.63) is 48.5 Å². The van der Waals surface area contributed by atoms with E-state index in [-0.39, 0.29) is 12.2 Å². The Morgan fingerprint density at radius 3 is 1.46 bits per heavy atom. The fraction of sp³-hybridized carbons (Fsp3) is 0.455. The van der Waals surface area contributed by atoms with Crippen LogP contribution in [0.25, 0.3) is 0 Å². The van der Waals surface area contributed by atoms with Gasteiger partial charge < -0.3 is 23.5 Å². The largest absolute Gasteiger partial charge is 0.491 e. The lowest BCUT2D eigenvalue weighted by Gasteiger charge is -2.32. The molecule has 150 valence electrons. The van der Waals surface area contributed by atoms with Gasteiger partial charge in [0.25, 0.3) is 0 Å². The molecule has 2 aliphatic heterocycles. The molecule has 0 N–H and O–H groups in total. The second-order valence-electron chi connectivity index (χ2n) is 8.30. The highest BCUT2D eigenvalue weighted by Crippen LogP contribution is 2.55. The van der Waals surface area contributed by atoms with Crippen LogP contribution in [0, 0.1) is 0 Å². The summed E-state index contributed by atoms with van der Waals surface area (Å²) in [4.78, 5) is 0. The van der Waals surface area contributed by atoms with Gasteiger partial charge in [-0.05, 0) is 48.5 Å². The lowest BCUT2D eigenvalue weighted by molar-refractivity contribution is 0.263. The fourth-order valence-corrected chi connectivity index (χ4v) is 6.12. The van der Waals surface area contributed by atoms with Crippen LogP contribution in [0.5, 0.6) is 11.5 Å². The zero-order chi connectivity index (χ0) is 19.8. The van der Waals surface area contributed by atoms with E-state index in [0.29, 0.717) is 13.2 Å². The Labute approximate surface area is 166 Å². The molecule has 6 heteroatoms. The average Bonchev–Trinajstić information content (AvgIpc) is 3.59. The van der Waals surface area contributed by atoms with Crippen LogP contribution in [0.15, 0.2) is 48.5 Å². The quantitative estimate of drug-likeness (QED) is 0.501. The molecule has 5 nitrogen and oxygen atoms in total. The Morgan fingerprint density at radius 2 is 1.18 bits per heavy atom. The van der Waals surface area contributed by atoms with E-state index < -0.39 is 12.3 Å². The van der Waals surface area contributed by atoms with Gasteiger partial charge in [0.2, 0.25) is 0 Å². The molecule has 0 spiro atoms. The molecule has 0 bridgehead atoms. The van der Waals surface area contributed by atoms with Gasteiger partial charge in [0.1, 0.15) is 44.1 Å². The first-order chi connectivity index (χ1) is 13.4. The smallest absolute Gasteiger partial charge is 0.148 e. The van der Waals surface area contributed by atoms with Crippen molar-refractivity contribution in [2.45, 2.75) is 38.1 Å². The van der Waals surface area contributed by atoms with Gasteiger partial charge in [-0.25, -0.2) is 0 Å². The molecule has 2 heterocycles. The lowest BCUT2D eigenvalue weighted by atomic mass is 10.2. The monoisotopic (exact) mass is 402 g/mol. The summed E-state index contributed by atoms with van der Waals surface area (Å²) >= 11 is 0. The first-order valence-corrected chi connectivity index (χ1v) is 11.4. The normalized spacial score (nSPS) is 23.0. The third kappa shape index (κ3) is 4.27. The van der Waals surface area contributed by atoms with Gasteiger partial charge in [0, 0.05) is 15.8 Å². The minimum absolute atomic E-state index is 0.215. The van der Waals surface area contributed by atoms with Crippen molar-refractivity contribution >= 4 is 17.8 Å². The SMILES string of the molecule is CC(C)(C)P(=O)(c1ccc(OCC2CO2)cc1)c1ccc(OCC2CO2)cc1. The first-order valence-electron chi connectivity index (χ1n) is 9.66. The van der Waals surface area contributed by atoms with E-state index in [9.17, 15) is 4.57 Å². The molecule has 2 aliphatic rings. The van der Waals surface area contributed by atoms with E-state index in [1.807, 2.05) is 69.3 Å². The van der Waals surface area contributed by atoms with Crippen molar-refractivity contribution in [1.82, 2.24) is 0 Å². The summed E-state index contributed by atoms with van der Waals surface area (Å²) in [6.07, 6.45) is 0.431. The summed E-state index contributed by atoms with van der Waals surface area (Å²) in [5.74, 6) is 1.54. The molecule has 2 aromatic rings. The van der Waals surface area contributed by atoms with Crippen LogP contribution in [0.1, 0.15) is 20.8 Å². The van der Waals surface area contributed by atoms with Crippen molar-refractivity contribution < 1.29 is 23.5 Å². The second-order valence-corrected chi connectivity index (χ2v) is 11.9. The molecule has 4 rings (SSSR count).